The number of carbonyl (C=O) groups excluding carboxylic acids is 2. The maximum atomic E-state index is 13.0. The van der Waals surface area contributed by atoms with Crippen LogP contribution in [-0.2, 0) is 22.5 Å². The molecule has 1 aliphatic rings. The summed E-state index contributed by atoms with van der Waals surface area (Å²) in [5, 5.41) is 0. The average Bonchev–Trinajstić information content (AvgIpc) is 2.71. The lowest BCUT2D eigenvalue weighted by molar-refractivity contribution is -0.149. The van der Waals surface area contributed by atoms with E-state index < -0.39 is 0 Å². The maximum Gasteiger partial charge on any atom is 0.312 e. The average molecular weight is 414 g/mol. The Hall–Kier alpha value is -3.29. The number of aromatic nitrogens is 1. The number of benzene rings is 1. The number of amides is 1. The van der Waals surface area contributed by atoms with E-state index in [1.807, 2.05) is 18.2 Å². The van der Waals surface area contributed by atoms with Crippen molar-refractivity contribution < 1.29 is 23.8 Å². The summed E-state index contributed by atoms with van der Waals surface area (Å²) in [5.74, 6) is 0.256. The molecule has 1 aliphatic heterocycles. The molecular weight excluding hydrogens is 388 g/mol. The summed E-state index contributed by atoms with van der Waals surface area (Å²) in [6.45, 7) is 2.69. The summed E-state index contributed by atoms with van der Waals surface area (Å²) < 4.78 is 16.8. The number of hydrogen-bond acceptors (Lipinski definition) is 6. The van der Waals surface area contributed by atoms with Crippen LogP contribution in [0.5, 0.6) is 11.5 Å². The van der Waals surface area contributed by atoms with Gasteiger partial charge in [0, 0.05) is 25.8 Å². The summed E-state index contributed by atoms with van der Waals surface area (Å²) in [5.41, 5.74) is 1.42. The first-order valence-corrected chi connectivity index (χ1v) is 9.67. The van der Waals surface area contributed by atoms with Crippen LogP contribution >= 0.6 is 0 Å². The number of ether oxygens (including phenoxy) is 3. The highest BCUT2D eigenvalue weighted by atomic mass is 16.5. The molecule has 160 valence electrons. The number of esters is 1. The summed E-state index contributed by atoms with van der Waals surface area (Å²) in [6.07, 6.45) is 2.29. The fourth-order valence-electron chi connectivity index (χ4n) is 3.51. The van der Waals surface area contributed by atoms with Crippen LogP contribution in [0.2, 0.25) is 0 Å². The van der Waals surface area contributed by atoms with Crippen molar-refractivity contribution in [3.8, 4) is 11.5 Å². The van der Waals surface area contributed by atoms with Gasteiger partial charge in [0.05, 0.1) is 27.2 Å². The van der Waals surface area contributed by atoms with Gasteiger partial charge < -0.3 is 23.7 Å². The molecule has 0 unspecified atom stereocenters. The molecule has 1 saturated heterocycles. The Kier molecular flexibility index (Phi) is 6.44. The third kappa shape index (κ3) is 4.17. The number of likely N-dealkylation sites (tertiary alicyclic amines) is 1. The summed E-state index contributed by atoms with van der Waals surface area (Å²) in [4.78, 5) is 38.9. The lowest BCUT2D eigenvalue weighted by Crippen LogP contribution is -2.54. The van der Waals surface area contributed by atoms with Crippen molar-refractivity contribution in [1.29, 1.82) is 0 Å². The Morgan fingerprint density at radius 3 is 2.40 bits per heavy atom. The zero-order chi connectivity index (χ0) is 21.8. The van der Waals surface area contributed by atoms with Gasteiger partial charge in [-0.25, -0.2) is 0 Å². The maximum absolute atomic E-state index is 13.0. The third-order valence-electron chi connectivity index (χ3n) is 5.38. The Balaban J connectivity index is 1.74. The summed E-state index contributed by atoms with van der Waals surface area (Å²) in [7, 11) is 4.48. The molecule has 1 amide bonds. The van der Waals surface area contributed by atoms with Crippen molar-refractivity contribution in [2.24, 2.45) is 5.92 Å². The SMILES string of the molecule is COC(=O)C1CN(C(=O)c2c(C)ccn(CCc3ccc(OC)c(OC)c3)c2=O)C1. The van der Waals surface area contributed by atoms with E-state index in [1.54, 1.807) is 33.4 Å². The van der Waals surface area contributed by atoms with Crippen LogP contribution in [0.4, 0.5) is 0 Å². The fourth-order valence-corrected chi connectivity index (χ4v) is 3.51. The highest BCUT2D eigenvalue weighted by Gasteiger charge is 2.38. The van der Waals surface area contributed by atoms with Crippen molar-refractivity contribution in [3.05, 3.63) is 57.5 Å². The smallest absolute Gasteiger partial charge is 0.312 e. The van der Waals surface area contributed by atoms with Crippen LogP contribution in [0, 0.1) is 12.8 Å². The van der Waals surface area contributed by atoms with E-state index in [2.05, 4.69) is 0 Å². The number of carbonyl (C=O) groups is 2. The number of rotatable bonds is 7. The van der Waals surface area contributed by atoms with E-state index in [0.29, 0.717) is 30.0 Å². The Labute approximate surface area is 175 Å². The molecular formula is C22H26N2O6. The predicted octanol–water partition coefficient (Wildman–Crippen LogP) is 1.66. The summed E-state index contributed by atoms with van der Waals surface area (Å²) >= 11 is 0. The van der Waals surface area contributed by atoms with Crippen LogP contribution in [0.15, 0.2) is 35.3 Å². The van der Waals surface area contributed by atoms with E-state index in [0.717, 1.165) is 5.56 Å². The second-order valence-corrected chi connectivity index (χ2v) is 7.24. The minimum atomic E-state index is -0.349. The fraction of sp³-hybridized carbons (Fsp3) is 0.409. The van der Waals surface area contributed by atoms with E-state index in [4.69, 9.17) is 14.2 Å². The Morgan fingerprint density at radius 2 is 1.77 bits per heavy atom. The Morgan fingerprint density at radius 1 is 1.07 bits per heavy atom. The second-order valence-electron chi connectivity index (χ2n) is 7.24. The van der Waals surface area contributed by atoms with Gasteiger partial charge in [0.1, 0.15) is 5.56 Å². The minimum absolute atomic E-state index is 0.146. The lowest BCUT2D eigenvalue weighted by Gasteiger charge is -2.37. The van der Waals surface area contributed by atoms with Crippen molar-refractivity contribution in [3.63, 3.8) is 0 Å². The van der Waals surface area contributed by atoms with E-state index in [1.165, 1.54) is 16.6 Å². The molecule has 30 heavy (non-hydrogen) atoms. The monoisotopic (exact) mass is 414 g/mol. The van der Waals surface area contributed by atoms with Crippen molar-refractivity contribution in [2.45, 2.75) is 19.9 Å². The molecule has 0 radical (unpaired) electrons. The van der Waals surface area contributed by atoms with Crippen LogP contribution in [0.3, 0.4) is 0 Å². The molecule has 0 bridgehead atoms. The predicted molar refractivity (Wildman–Crippen MR) is 110 cm³/mol. The summed E-state index contributed by atoms with van der Waals surface area (Å²) in [6, 6.07) is 7.38. The van der Waals surface area contributed by atoms with Gasteiger partial charge in [0.15, 0.2) is 11.5 Å². The number of methoxy groups -OCH3 is 3. The number of aryl methyl sites for hydroxylation is 3. The Bertz CT molecular complexity index is 1010. The van der Waals surface area contributed by atoms with Crippen molar-refractivity contribution in [1.82, 2.24) is 9.47 Å². The van der Waals surface area contributed by atoms with Gasteiger partial charge in [-0.3, -0.25) is 14.4 Å². The molecule has 1 aromatic heterocycles. The van der Waals surface area contributed by atoms with Crippen LogP contribution < -0.4 is 15.0 Å². The second kappa shape index (κ2) is 9.02. The van der Waals surface area contributed by atoms with Gasteiger partial charge in [-0.1, -0.05) is 6.07 Å². The van der Waals surface area contributed by atoms with Crippen LogP contribution in [0.25, 0.3) is 0 Å². The normalized spacial score (nSPS) is 13.5. The molecule has 0 spiro atoms. The van der Waals surface area contributed by atoms with Crippen LogP contribution in [-0.4, -0.2) is 55.8 Å². The molecule has 0 saturated carbocycles. The zero-order valence-electron chi connectivity index (χ0n) is 17.6. The molecule has 3 rings (SSSR count). The quantitative estimate of drug-likeness (QED) is 0.641. The van der Waals surface area contributed by atoms with E-state index in [-0.39, 0.29) is 42.0 Å². The first-order valence-electron chi connectivity index (χ1n) is 9.67. The zero-order valence-corrected chi connectivity index (χ0v) is 17.6. The molecule has 2 aromatic rings. The first kappa shape index (κ1) is 21.4. The number of nitrogens with zero attached hydrogens (tertiary/aromatic N) is 2. The highest BCUT2D eigenvalue weighted by Crippen LogP contribution is 2.27. The molecule has 1 fully saturated rings. The standard InChI is InChI=1S/C22H26N2O6/c1-14-7-9-23(10-8-15-5-6-17(28-2)18(11-15)29-3)20(25)19(14)21(26)24-12-16(13-24)22(27)30-4/h5-7,9,11,16H,8,10,12-13H2,1-4H3. The van der Waals surface area contributed by atoms with Gasteiger partial charge in [0.2, 0.25) is 0 Å². The molecule has 1 aromatic carbocycles. The molecule has 0 N–H and O–H groups in total. The molecule has 8 heteroatoms. The molecule has 0 atom stereocenters. The molecule has 8 nitrogen and oxygen atoms in total. The van der Waals surface area contributed by atoms with Crippen LogP contribution in [0.1, 0.15) is 21.5 Å². The molecule has 2 heterocycles. The van der Waals surface area contributed by atoms with Gasteiger partial charge in [-0.15, -0.1) is 0 Å². The van der Waals surface area contributed by atoms with Gasteiger partial charge in [-0.2, -0.15) is 0 Å². The first-order chi connectivity index (χ1) is 14.4. The van der Waals surface area contributed by atoms with Gasteiger partial charge >= 0.3 is 5.97 Å². The van der Waals surface area contributed by atoms with Crippen molar-refractivity contribution >= 4 is 11.9 Å². The van der Waals surface area contributed by atoms with Gasteiger partial charge in [-0.05, 0) is 42.7 Å². The van der Waals surface area contributed by atoms with E-state index in [9.17, 15) is 14.4 Å². The topological polar surface area (TPSA) is 87.1 Å². The third-order valence-corrected chi connectivity index (χ3v) is 5.38. The largest absolute Gasteiger partial charge is 0.493 e. The number of hydrogen-bond donors (Lipinski definition) is 0. The minimum Gasteiger partial charge on any atom is -0.493 e. The lowest BCUT2D eigenvalue weighted by atomic mass is 9.98. The molecule has 0 aliphatic carbocycles. The van der Waals surface area contributed by atoms with Gasteiger partial charge in [0.25, 0.3) is 11.5 Å². The number of pyridine rings is 1. The van der Waals surface area contributed by atoms with E-state index >= 15 is 0 Å². The van der Waals surface area contributed by atoms with Crippen molar-refractivity contribution in [2.75, 3.05) is 34.4 Å². The highest BCUT2D eigenvalue weighted by molar-refractivity contribution is 5.96.